The molecule has 2 unspecified atom stereocenters. The molecule has 3 aliphatic rings. The number of fused-ring (bicyclic) bond motifs is 4. The zero-order valence-electron chi connectivity index (χ0n) is 29.5. The molecule has 2 fully saturated rings. The minimum atomic E-state index is -1.42. The zero-order chi connectivity index (χ0) is 36.9. The summed E-state index contributed by atoms with van der Waals surface area (Å²) in [5, 5.41) is 21.6. The minimum Gasteiger partial charge on any atom is -0.482 e. The van der Waals surface area contributed by atoms with Crippen LogP contribution in [0.3, 0.4) is 0 Å². The van der Waals surface area contributed by atoms with E-state index in [-0.39, 0.29) is 35.7 Å². The van der Waals surface area contributed by atoms with Gasteiger partial charge in [-0.2, -0.15) is 5.26 Å². The molecule has 2 saturated carbocycles. The lowest BCUT2D eigenvalue weighted by atomic mass is 9.42. The van der Waals surface area contributed by atoms with Gasteiger partial charge in [-0.25, -0.2) is 9.59 Å². The van der Waals surface area contributed by atoms with Gasteiger partial charge in [0.2, 0.25) is 0 Å². The van der Waals surface area contributed by atoms with Crippen LogP contribution in [0, 0.1) is 39.9 Å². The van der Waals surface area contributed by atoms with Crippen molar-refractivity contribution in [1.82, 2.24) is 4.98 Å². The summed E-state index contributed by atoms with van der Waals surface area (Å²) in [5.74, 6) is -3.05. The number of benzene rings is 1. The Morgan fingerprint density at radius 2 is 1.82 bits per heavy atom. The summed E-state index contributed by atoms with van der Waals surface area (Å²) in [4.78, 5) is 56.9. The van der Waals surface area contributed by atoms with Crippen molar-refractivity contribution in [2.75, 3.05) is 6.61 Å². The second-order valence-corrected chi connectivity index (χ2v) is 14.9. The van der Waals surface area contributed by atoms with Gasteiger partial charge in [0.1, 0.15) is 41.5 Å². The first-order chi connectivity index (χ1) is 24.1. The summed E-state index contributed by atoms with van der Waals surface area (Å²) < 4.78 is 30.6. The number of aliphatic hydroxyl groups excluding tert-OH is 1. The van der Waals surface area contributed by atoms with Crippen LogP contribution in [0.2, 0.25) is 0 Å². The summed E-state index contributed by atoms with van der Waals surface area (Å²) in [6.45, 7) is 10.3. The van der Waals surface area contributed by atoms with Gasteiger partial charge in [0.25, 0.3) is 0 Å². The van der Waals surface area contributed by atoms with E-state index in [0.717, 1.165) is 0 Å². The first kappa shape index (κ1) is 35.8. The van der Waals surface area contributed by atoms with Crippen LogP contribution in [-0.4, -0.2) is 52.4 Å². The number of carbonyl (C=O) groups excluding carboxylic acids is 3. The number of ether oxygens (including phenoxy) is 4. The fourth-order valence-electron chi connectivity index (χ4n) is 8.79. The van der Waals surface area contributed by atoms with Gasteiger partial charge in [-0.3, -0.25) is 14.6 Å². The summed E-state index contributed by atoms with van der Waals surface area (Å²) in [7, 11) is 0. The fraction of sp³-hybridized carbons (Fsp3) is 0.487. The maximum atomic E-state index is 13.8. The van der Waals surface area contributed by atoms with Gasteiger partial charge in [0, 0.05) is 42.3 Å². The van der Waals surface area contributed by atoms with Crippen LogP contribution in [0.5, 0.6) is 5.75 Å². The third kappa shape index (κ3) is 6.18. The summed E-state index contributed by atoms with van der Waals surface area (Å²) in [6, 6.07) is 13.0. The number of hydrogen-bond acceptors (Lipinski definition) is 12. The van der Waals surface area contributed by atoms with Crippen LogP contribution >= 0.6 is 0 Å². The molecule has 1 N–H and O–H groups in total. The molecule has 1 aromatic carbocycles. The molecule has 12 nitrogen and oxygen atoms in total. The predicted octanol–water partition coefficient (Wildman–Crippen LogP) is 5.56. The van der Waals surface area contributed by atoms with E-state index in [0.29, 0.717) is 24.0 Å². The van der Waals surface area contributed by atoms with Crippen molar-refractivity contribution in [3.8, 4) is 23.1 Å². The first-order valence-electron chi connectivity index (χ1n) is 17.1. The second-order valence-electron chi connectivity index (χ2n) is 14.9. The van der Waals surface area contributed by atoms with E-state index in [1.54, 1.807) is 45.2 Å². The molecule has 1 aliphatic heterocycles. The summed E-state index contributed by atoms with van der Waals surface area (Å²) in [5.41, 5.74) is -2.95. The predicted molar refractivity (Wildman–Crippen MR) is 181 cm³/mol. The summed E-state index contributed by atoms with van der Waals surface area (Å²) >= 11 is 0. The Balaban J connectivity index is 1.50. The third-order valence-electron chi connectivity index (χ3n) is 11.3. The highest BCUT2D eigenvalue weighted by Crippen LogP contribution is 2.67. The Morgan fingerprint density at radius 3 is 2.45 bits per heavy atom. The molecule has 0 saturated heterocycles. The molecule has 268 valence electrons. The smallest absolute Gasteiger partial charge is 0.345 e. The molecule has 0 spiro atoms. The quantitative estimate of drug-likeness (QED) is 0.241. The van der Waals surface area contributed by atoms with Crippen molar-refractivity contribution in [2.24, 2.45) is 28.6 Å². The largest absolute Gasteiger partial charge is 0.482 e. The Morgan fingerprint density at radius 1 is 1.10 bits per heavy atom. The van der Waals surface area contributed by atoms with Crippen molar-refractivity contribution < 1.29 is 42.9 Å². The molecule has 2 aliphatic carbocycles. The molecule has 8 atom stereocenters. The monoisotopic (exact) mass is 698 g/mol. The second kappa shape index (κ2) is 13.3. The molecule has 0 amide bonds. The number of aliphatic hydroxyl groups is 1. The number of rotatable bonds is 7. The highest BCUT2D eigenvalue weighted by atomic mass is 16.6. The summed E-state index contributed by atoms with van der Waals surface area (Å²) in [6.07, 6.45) is 1.01. The van der Waals surface area contributed by atoms with Crippen LogP contribution < -0.4 is 10.4 Å². The Kier molecular flexibility index (Phi) is 9.31. The van der Waals surface area contributed by atoms with Crippen LogP contribution in [0.25, 0.3) is 11.3 Å². The molecular weight excluding hydrogens is 656 g/mol. The van der Waals surface area contributed by atoms with Gasteiger partial charge in [0.15, 0.2) is 0 Å². The SMILES string of the molecule is CC(=O)OC[C@@]1(C)C2C[C@H](OC(=O)c3ccc(C#N)cc3)[C@@]3(C)Oc4cc(-c5cccnc5)oc(=O)c4[C@H](O)C3[C@@]2(C)CC[C@@H]1OC(=O)C(C)C. The van der Waals surface area contributed by atoms with E-state index in [1.165, 1.54) is 37.4 Å². The van der Waals surface area contributed by atoms with Gasteiger partial charge in [-0.15, -0.1) is 0 Å². The number of aromatic nitrogens is 1. The molecule has 51 heavy (non-hydrogen) atoms. The number of pyridine rings is 1. The van der Waals surface area contributed by atoms with E-state index >= 15 is 0 Å². The highest BCUT2D eigenvalue weighted by Gasteiger charge is 2.71. The molecule has 12 heteroatoms. The van der Waals surface area contributed by atoms with Crippen LogP contribution in [-0.2, 0) is 23.8 Å². The molecule has 3 heterocycles. The normalized spacial score (nSPS) is 30.8. The van der Waals surface area contributed by atoms with Crippen molar-refractivity contribution in [2.45, 2.75) is 84.7 Å². The maximum absolute atomic E-state index is 13.8. The highest BCUT2D eigenvalue weighted by molar-refractivity contribution is 5.89. The van der Waals surface area contributed by atoms with Gasteiger partial charge in [0.05, 0.1) is 29.2 Å². The maximum Gasteiger partial charge on any atom is 0.345 e. The van der Waals surface area contributed by atoms with Gasteiger partial charge < -0.3 is 28.5 Å². The number of hydrogen-bond donors (Lipinski definition) is 1. The van der Waals surface area contributed by atoms with Crippen LogP contribution in [0.4, 0.5) is 0 Å². The standard InChI is InChI=1S/C39H42N2O10/c1-21(2)34(44)49-29-13-14-37(4)28(38(29,5)20-47-22(3)42)17-30(50-35(45)24-11-9-23(18-40)10-12-24)39(6)33(37)32(43)31-27(51-39)16-26(48-36(31)46)25-8-7-15-41-19-25/h7-12,15-16,19,21,28-30,32-33,43H,13-14,17,20H2,1-6H3/t28?,29-,30-,32-,33?,37-,38-,39+/m0/s1. The van der Waals surface area contributed by atoms with E-state index in [2.05, 4.69) is 4.98 Å². The Bertz CT molecular complexity index is 1940. The van der Waals surface area contributed by atoms with Gasteiger partial charge in [-0.05, 0) is 73.9 Å². The molecule has 0 bridgehead atoms. The molecule has 2 aromatic heterocycles. The molecule has 6 rings (SSSR count). The average Bonchev–Trinajstić information content (AvgIpc) is 3.09. The van der Waals surface area contributed by atoms with Crippen molar-refractivity contribution in [1.29, 1.82) is 5.26 Å². The van der Waals surface area contributed by atoms with E-state index in [1.807, 2.05) is 19.9 Å². The third-order valence-corrected chi connectivity index (χ3v) is 11.3. The van der Waals surface area contributed by atoms with Crippen molar-refractivity contribution in [3.63, 3.8) is 0 Å². The van der Waals surface area contributed by atoms with Crippen molar-refractivity contribution in [3.05, 3.63) is 82.0 Å². The number of nitrogens with zero attached hydrogens (tertiary/aromatic N) is 2. The van der Waals surface area contributed by atoms with Crippen LogP contribution in [0.15, 0.2) is 64.1 Å². The lowest BCUT2D eigenvalue weighted by molar-refractivity contribution is -0.267. The van der Waals surface area contributed by atoms with E-state index in [9.17, 15) is 29.5 Å². The molecule has 0 radical (unpaired) electrons. The average molecular weight is 699 g/mol. The zero-order valence-corrected chi connectivity index (χ0v) is 29.5. The van der Waals surface area contributed by atoms with Gasteiger partial charge in [-0.1, -0.05) is 27.7 Å². The fourth-order valence-corrected chi connectivity index (χ4v) is 8.79. The number of carbonyl (C=O) groups is 3. The van der Waals surface area contributed by atoms with E-state index < -0.39 is 76.0 Å². The Hall–Kier alpha value is -5.02. The number of esters is 3. The lowest BCUT2D eigenvalue weighted by Crippen LogP contribution is -2.71. The lowest BCUT2D eigenvalue weighted by Gasteiger charge is -2.66. The topological polar surface area (TPSA) is 175 Å². The van der Waals surface area contributed by atoms with Crippen molar-refractivity contribution >= 4 is 17.9 Å². The minimum absolute atomic E-state index is 0.0563. The van der Waals surface area contributed by atoms with Gasteiger partial charge >= 0.3 is 23.5 Å². The number of nitriles is 1. The Labute approximate surface area is 295 Å². The van der Waals surface area contributed by atoms with E-state index in [4.69, 9.17) is 23.4 Å². The molecule has 3 aromatic rings. The first-order valence-corrected chi connectivity index (χ1v) is 17.1. The molecular formula is C39H42N2O10. The van der Waals surface area contributed by atoms with Crippen LogP contribution in [0.1, 0.15) is 88.4 Å².